The average molecular weight is 325 g/mol. The monoisotopic (exact) mass is 326 g/mol. The molecule has 0 spiro atoms. The van der Waals surface area contributed by atoms with Crippen LogP contribution < -0.4 is 0 Å². The quantitative estimate of drug-likeness (QED) is 0.341. The molecule has 0 N–H and O–H groups in total. The number of fused-ring (bicyclic) bond motifs is 2. The molecule has 0 atom stereocenters. The van der Waals surface area contributed by atoms with E-state index < -0.39 is 0 Å². The van der Waals surface area contributed by atoms with Gasteiger partial charge in [0.2, 0.25) is 0 Å². The van der Waals surface area contributed by atoms with Gasteiger partial charge in [-0.25, -0.2) is 0 Å². The number of hydrogen-bond acceptors (Lipinski definition) is 0. The molecular weight excluding hydrogens is 307 g/mol. The Bertz CT molecular complexity index is 1070. The van der Waals surface area contributed by atoms with Crippen LogP contribution in [0, 0.1) is 0 Å². The molecule has 1 heterocycles. The van der Waals surface area contributed by atoms with E-state index >= 15 is 0 Å². The van der Waals surface area contributed by atoms with Crippen LogP contribution in [-0.4, -0.2) is 14.5 Å². The summed E-state index contributed by atoms with van der Waals surface area (Å²) in [6, 6.07) is 14.6. The summed E-state index contributed by atoms with van der Waals surface area (Å²) in [7, 11) is 0. The molecule has 0 unspecified atom stereocenters. The van der Waals surface area contributed by atoms with Gasteiger partial charge in [-0.3, -0.25) is 0 Å². The second kappa shape index (κ2) is 4.86. The summed E-state index contributed by atoms with van der Waals surface area (Å²) in [4.78, 5) is 0. The van der Waals surface area contributed by atoms with E-state index in [0.717, 1.165) is 24.9 Å². The third kappa shape index (κ3) is 1.87. The molecule has 0 saturated carbocycles. The summed E-state index contributed by atoms with van der Waals surface area (Å²) >= 11 is 0.129. The normalized spacial score (nSPS) is 14.5. The SMILES string of the molecule is [2H]c1c([2H])c([2H])c(-c2c3ccccc3[se+]c3ccccc23)c([2H])c1[2H]. The zero-order chi connectivity index (χ0) is 17.7. The van der Waals surface area contributed by atoms with Crippen LogP contribution in [0.2, 0.25) is 0 Å². The van der Waals surface area contributed by atoms with Gasteiger partial charge in [0, 0.05) is 0 Å². The van der Waals surface area contributed by atoms with E-state index in [0.29, 0.717) is 0 Å². The van der Waals surface area contributed by atoms with Gasteiger partial charge >= 0.3 is 131 Å². The molecule has 0 fully saturated rings. The summed E-state index contributed by atoms with van der Waals surface area (Å²) in [6.07, 6.45) is 0. The number of hydrogen-bond donors (Lipinski definition) is 0. The molecular formula is C19H13Se+. The molecule has 0 aliphatic heterocycles. The molecule has 0 aliphatic carbocycles. The molecule has 20 heavy (non-hydrogen) atoms. The third-order valence-electron chi connectivity index (χ3n) is 3.28. The van der Waals surface area contributed by atoms with E-state index in [1.54, 1.807) is 0 Å². The summed E-state index contributed by atoms with van der Waals surface area (Å²) in [6.45, 7) is 0. The van der Waals surface area contributed by atoms with Crippen LogP contribution in [0.15, 0.2) is 78.7 Å². The summed E-state index contributed by atoms with van der Waals surface area (Å²) in [5, 5.41) is 1.92. The first kappa shape index (κ1) is 7.73. The van der Waals surface area contributed by atoms with E-state index in [9.17, 15) is 0 Å². The molecule has 0 radical (unpaired) electrons. The zero-order valence-corrected chi connectivity index (χ0v) is 12.2. The fourth-order valence-corrected chi connectivity index (χ4v) is 4.72. The Hall–Kier alpha value is -1.95. The van der Waals surface area contributed by atoms with E-state index in [4.69, 9.17) is 6.85 Å². The van der Waals surface area contributed by atoms with Gasteiger partial charge in [0.05, 0.1) is 0 Å². The first-order valence-corrected chi connectivity index (χ1v) is 8.03. The van der Waals surface area contributed by atoms with E-state index in [1.165, 1.54) is 0 Å². The van der Waals surface area contributed by atoms with E-state index in [1.807, 2.05) is 36.4 Å². The van der Waals surface area contributed by atoms with Crippen LogP contribution in [0.25, 0.3) is 30.4 Å². The fraction of sp³-hybridized carbons (Fsp3) is 0. The van der Waals surface area contributed by atoms with Crippen molar-refractivity contribution >= 4 is 33.8 Å². The van der Waals surface area contributed by atoms with Gasteiger partial charge in [-0.05, 0) is 0 Å². The number of rotatable bonds is 1. The Morgan fingerprint density at radius 1 is 0.700 bits per heavy atom. The molecule has 0 aliphatic rings. The summed E-state index contributed by atoms with van der Waals surface area (Å²) in [5.74, 6) is 0. The third-order valence-corrected chi connectivity index (χ3v) is 5.70. The zero-order valence-electron chi connectivity index (χ0n) is 15.5. The van der Waals surface area contributed by atoms with Crippen LogP contribution in [-0.2, 0) is 0 Å². The predicted octanol–water partition coefficient (Wildman–Crippen LogP) is 5.00. The van der Waals surface area contributed by atoms with Crippen molar-refractivity contribution < 1.29 is 6.85 Å². The number of benzene rings is 3. The van der Waals surface area contributed by atoms with Crippen LogP contribution in [0.4, 0.5) is 0 Å². The Kier molecular flexibility index (Phi) is 1.88. The van der Waals surface area contributed by atoms with Crippen LogP contribution >= 0.6 is 0 Å². The van der Waals surface area contributed by atoms with Gasteiger partial charge in [-0.2, -0.15) is 0 Å². The van der Waals surface area contributed by atoms with Crippen molar-refractivity contribution in [3.05, 3.63) is 78.7 Å². The minimum atomic E-state index is -0.360. The van der Waals surface area contributed by atoms with Gasteiger partial charge in [0.15, 0.2) is 0 Å². The summed E-state index contributed by atoms with van der Waals surface area (Å²) in [5.41, 5.74) is 1.01. The van der Waals surface area contributed by atoms with Crippen molar-refractivity contribution in [3.63, 3.8) is 0 Å². The predicted molar refractivity (Wildman–Crippen MR) is 88.2 cm³/mol. The molecule has 0 saturated heterocycles. The van der Waals surface area contributed by atoms with Crippen molar-refractivity contribution in [3.8, 4) is 11.1 Å². The van der Waals surface area contributed by atoms with Crippen molar-refractivity contribution in [2.24, 2.45) is 0 Å². The second-order valence-corrected chi connectivity index (χ2v) is 6.74. The summed E-state index contributed by atoms with van der Waals surface area (Å²) < 4.78 is 42.9. The Balaban J connectivity index is 2.28. The van der Waals surface area contributed by atoms with Gasteiger partial charge in [-0.15, -0.1) is 0 Å². The molecule has 3 aromatic carbocycles. The maximum atomic E-state index is 8.37. The molecule has 1 aromatic heterocycles. The Labute approximate surface area is 131 Å². The molecule has 0 nitrogen and oxygen atoms in total. The van der Waals surface area contributed by atoms with Gasteiger partial charge in [-0.1, -0.05) is 0 Å². The van der Waals surface area contributed by atoms with Crippen LogP contribution in [0.5, 0.6) is 0 Å². The first-order valence-electron chi connectivity index (χ1n) is 8.81. The molecule has 1 heteroatoms. The van der Waals surface area contributed by atoms with Crippen molar-refractivity contribution in [2.75, 3.05) is 0 Å². The van der Waals surface area contributed by atoms with Crippen molar-refractivity contribution in [2.45, 2.75) is 0 Å². The molecule has 94 valence electrons. The topological polar surface area (TPSA) is 0 Å². The van der Waals surface area contributed by atoms with E-state index in [-0.39, 0.29) is 50.3 Å². The maximum absolute atomic E-state index is 8.37. The van der Waals surface area contributed by atoms with Gasteiger partial charge < -0.3 is 0 Å². The van der Waals surface area contributed by atoms with Gasteiger partial charge in [0.1, 0.15) is 0 Å². The molecule has 0 amide bonds. The standard InChI is InChI=1S/C19H13Se/c1-2-8-14(9-3-1)19-15-10-4-6-12-17(15)20-18-13-7-5-11-16(18)19/h1-13H/q+1/i1D,2D,3D,8D,9D. The Morgan fingerprint density at radius 3 is 1.85 bits per heavy atom. The second-order valence-electron chi connectivity index (χ2n) is 4.47. The van der Waals surface area contributed by atoms with Crippen molar-refractivity contribution in [1.82, 2.24) is 0 Å². The van der Waals surface area contributed by atoms with Crippen LogP contribution in [0.3, 0.4) is 0 Å². The average Bonchev–Trinajstić information content (AvgIpc) is 2.64. The fourth-order valence-electron chi connectivity index (χ4n) is 2.43. The first-order chi connectivity index (χ1) is 12.0. The Morgan fingerprint density at radius 2 is 1.25 bits per heavy atom. The molecule has 4 rings (SSSR count). The molecule has 0 bridgehead atoms. The van der Waals surface area contributed by atoms with E-state index in [2.05, 4.69) is 12.1 Å². The van der Waals surface area contributed by atoms with Gasteiger partial charge in [0.25, 0.3) is 0 Å². The molecule has 4 aromatic rings. The van der Waals surface area contributed by atoms with Crippen LogP contribution in [0.1, 0.15) is 6.85 Å². The minimum absolute atomic E-state index is 0.129. The van der Waals surface area contributed by atoms with Crippen molar-refractivity contribution in [1.29, 1.82) is 0 Å².